The Morgan fingerprint density at radius 1 is 1.27 bits per heavy atom. The highest BCUT2D eigenvalue weighted by Gasteiger charge is 2.02. The van der Waals surface area contributed by atoms with Crippen molar-refractivity contribution < 1.29 is 4.74 Å². The van der Waals surface area contributed by atoms with Crippen molar-refractivity contribution in [1.82, 2.24) is 10.2 Å². The summed E-state index contributed by atoms with van der Waals surface area (Å²) < 4.78 is 5.46. The minimum absolute atomic E-state index is 0.589. The second-order valence-electron chi connectivity index (χ2n) is 3.33. The second-order valence-corrected chi connectivity index (χ2v) is 4.40. The minimum Gasteiger partial charge on any atom is -0.374 e. The van der Waals surface area contributed by atoms with Crippen molar-refractivity contribution in [3.8, 4) is 0 Å². The molecule has 1 aromatic heterocycles. The number of ether oxygens (including phenoxy) is 1. The molecule has 0 aliphatic carbocycles. The van der Waals surface area contributed by atoms with E-state index in [-0.39, 0.29) is 0 Å². The average molecular weight is 229 g/mol. The molecular weight excluding hydrogens is 210 g/mol. The highest BCUT2D eigenvalue weighted by molar-refractivity contribution is 7.15. The molecule has 0 aliphatic rings. The molecule has 0 saturated heterocycles. The Bertz CT molecular complexity index is 265. The standard InChI is InChI=1S/C10H19N3OS/c1-3-5-7-14-8-9-12-13-10(15-9)11-6-4-2/h3-8H2,1-2H3,(H,11,13). The van der Waals surface area contributed by atoms with Crippen LogP contribution in [0, 0.1) is 0 Å². The largest absolute Gasteiger partial charge is 0.374 e. The number of anilines is 1. The molecule has 0 spiro atoms. The van der Waals surface area contributed by atoms with Gasteiger partial charge in [0.2, 0.25) is 5.13 Å². The Labute approximate surface area is 95.1 Å². The molecule has 0 bridgehead atoms. The molecule has 1 rings (SSSR count). The molecule has 4 nitrogen and oxygen atoms in total. The Hall–Kier alpha value is -0.680. The van der Waals surface area contributed by atoms with E-state index in [9.17, 15) is 0 Å². The molecule has 0 radical (unpaired) electrons. The van der Waals surface area contributed by atoms with Gasteiger partial charge in [-0.3, -0.25) is 0 Å². The second kappa shape index (κ2) is 7.59. The molecule has 0 atom stereocenters. The number of nitrogens with one attached hydrogen (secondary N) is 1. The van der Waals surface area contributed by atoms with Crippen LogP contribution in [0.4, 0.5) is 5.13 Å². The molecule has 5 heteroatoms. The third kappa shape index (κ3) is 5.09. The van der Waals surface area contributed by atoms with E-state index >= 15 is 0 Å². The van der Waals surface area contributed by atoms with Crippen molar-refractivity contribution >= 4 is 16.5 Å². The lowest BCUT2D eigenvalue weighted by atomic mass is 10.4. The molecule has 15 heavy (non-hydrogen) atoms. The molecular formula is C10H19N3OS. The summed E-state index contributed by atoms with van der Waals surface area (Å²) in [7, 11) is 0. The van der Waals surface area contributed by atoms with Gasteiger partial charge in [-0.15, -0.1) is 10.2 Å². The van der Waals surface area contributed by atoms with Crippen LogP contribution in [0.2, 0.25) is 0 Å². The predicted molar refractivity (Wildman–Crippen MR) is 63.3 cm³/mol. The van der Waals surface area contributed by atoms with Gasteiger partial charge in [-0.2, -0.15) is 0 Å². The summed E-state index contributed by atoms with van der Waals surface area (Å²) in [5.41, 5.74) is 0. The first kappa shape index (κ1) is 12.4. The average Bonchev–Trinajstić information content (AvgIpc) is 2.69. The lowest BCUT2D eigenvalue weighted by Gasteiger charge is -1.98. The van der Waals surface area contributed by atoms with Gasteiger partial charge in [0.15, 0.2) is 0 Å². The molecule has 0 unspecified atom stereocenters. The third-order valence-electron chi connectivity index (χ3n) is 1.86. The Morgan fingerprint density at radius 2 is 2.13 bits per heavy atom. The Morgan fingerprint density at radius 3 is 2.87 bits per heavy atom. The zero-order valence-corrected chi connectivity index (χ0v) is 10.3. The van der Waals surface area contributed by atoms with Crippen LogP contribution < -0.4 is 5.32 Å². The SMILES string of the molecule is CCCCOCc1nnc(NCCC)s1. The van der Waals surface area contributed by atoms with E-state index in [0.29, 0.717) is 6.61 Å². The van der Waals surface area contributed by atoms with Crippen molar-refractivity contribution in [3.05, 3.63) is 5.01 Å². The van der Waals surface area contributed by atoms with E-state index in [1.165, 1.54) is 6.42 Å². The van der Waals surface area contributed by atoms with E-state index < -0.39 is 0 Å². The van der Waals surface area contributed by atoms with Crippen LogP contribution in [0.25, 0.3) is 0 Å². The zero-order chi connectivity index (χ0) is 10.9. The number of unbranched alkanes of at least 4 members (excludes halogenated alkanes) is 1. The van der Waals surface area contributed by atoms with Gasteiger partial charge >= 0.3 is 0 Å². The van der Waals surface area contributed by atoms with Crippen LogP contribution in [-0.4, -0.2) is 23.3 Å². The minimum atomic E-state index is 0.589. The molecule has 1 heterocycles. The van der Waals surface area contributed by atoms with Gasteiger partial charge < -0.3 is 10.1 Å². The smallest absolute Gasteiger partial charge is 0.205 e. The van der Waals surface area contributed by atoms with E-state index in [1.54, 1.807) is 11.3 Å². The van der Waals surface area contributed by atoms with E-state index in [1.807, 2.05) is 0 Å². The molecule has 1 aromatic rings. The topological polar surface area (TPSA) is 47.0 Å². The first-order valence-electron chi connectivity index (χ1n) is 5.50. The molecule has 0 fully saturated rings. The predicted octanol–water partition coefficient (Wildman–Crippen LogP) is 2.68. The maximum absolute atomic E-state index is 5.46. The quantitative estimate of drug-likeness (QED) is 0.696. The van der Waals surface area contributed by atoms with E-state index in [0.717, 1.165) is 36.1 Å². The number of nitrogens with zero attached hydrogens (tertiary/aromatic N) is 2. The van der Waals surface area contributed by atoms with Crippen LogP contribution in [0.3, 0.4) is 0 Å². The van der Waals surface area contributed by atoms with Gasteiger partial charge in [0.25, 0.3) is 0 Å². The summed E-state index contributed by atoms with van der Waals surface area (Å²) in [6.45, 7) is 6.63. The van der Waals surface area contributed by atoms with Gasteiger partial charge in [0.1, 0.15) is 11.6 Å². The maximum Gasteiger partial charge on any atom is 0.205 e. The first-order valence-corrected chi connectivity index (χ1v) is 6.32. The molecule has 0 aromatic carbocycles. The van der Waals surface area contributed by atoms with Crippen LogP contribution in [-0.2, 0) is 11.3 Å². The van der Waals surface area contributed by atoms with Crippen molar-refractivity contribution in [2.24, 2.45) is 0 Å². The lowest BCUT2D eigenvalue weighted by molar-refractivity contribution is 0.117. The number of rotatable bonds is 8. The van der Waals surface area contributed by atoms with Crippen molar-refractivity contribution in [2.75, 3.05) is 18.5 Å². The van der Waals surface area contributed by atoms with Crippen molar-refractivity contribution in [3.63, 3.8) is 0 Å². The van der Waals surface area contributed by atoms with Crippen LogP contribution in [0.15, 0.2) is 0 Å². The number of aromatic nitrogens is 2. The molecule has 0 aliphatic heterocycles. The van der Waals surface area contributed by atoms with Crippen LogP contribution in [0.1, 0.15) is 38.1 Å². The monoisotopic (exact) mass is 229 g/mol. The van der Waals surface area contributed by atoms with E-state index in [4.69, 9.17) is 4.74 Å². The lowest BCUT2D eigenvalue weighted by Crippen LogP contribution is -1.98. The summed E-state index contributed by atoms with van der Waals surface area (Å²) in [4.78, 5) is 0. The van der Waals surface area contributed by atoms with Gasteiger partial charge in [0, 0.05) is 13.2 Å². The summed E-state index contributed by atoms with van der Waals surface area (Å²) in [6, 6.07) is 0. The summed E-state index contributed by atoms with van der Waals surface area (Å²) in [6.07, 6.45) is 3.38. The molecule has 0 amide bonds. The Balaban J connectivity index is 2.20. The van der Waals surface area contributed by atoms with Crippen LogP contribution >= 0.6 is 11.3 Å². The van der Waals surface area contributed by atoms with Gasteiger partial charge in [0.05, 0.1) is 0 Å². The molecule has 86 valence electrons. The van der Waals surface area contributed by atoms with E-state index in [2.05, 4.69) is 29.4 Å². The first-order chi connectivity index (χ1) is 7.36. The fraction of sp³-hybridized carbons (Fsp3) is 0.800. The van der Waals surface area contributed by atoms with Crippen molar-refractivity contribution in [1.29, 1.82) is 0 Å². The van der Waals surface area contributed by atoms with Gasteiger partial charge in [-0.25, -0.2) is 0 Å². The normalized spacial score (nSPS) is 10.5. The summed E-state index contributed by atoms with van der Waals surface area (Å²) in [5.74, 6) is 0. The van der Waals surface area contributed by atoms with Gasteiger partial charge in [-0.1, -0.05) is 31.6 Å². The highest BCUT2D eigenvalue weighted by Crippen LogP contribution is 2.15. The van der Waals surface area contributed by atoms with Crippen LogP contribution in [0.5, 0.6) is 0 Å². The summed E-state index contributed by atoms with van der Waals surface area (Å²) in [5, 5.41) is 13.1. The summed E-state index contributed by atoms with van der Waals surface area (Å²) >= 11 is 1.57. The number of hydrogen-bond donors (Lipinski definition) is 1. The maximum atomic E-state index is 5.46. The molecule has 0 saturated carbocycles. The fourth-order valence-corrected chi connectivity index (χ4v) is 1.72. The molecule has 1 N–H and O–H groups in total. The highest BCUT2D eigenvalue weighted by atomic mass is 32.1. The van der Waals surface area contributed by atoms with Crippen molar-refractivity contribution in [2.45, 2.75) is 39.7 Å². The zero-order valence-electron chi connectivity index (χ0n) is 9.45. The Kier molecular flexibility index (Phi) is 6.27. The third-order valence-corrected chi connectivity index (χ3v) is 2.72. The number of hydrogen-bond acceptors (Lipinski definition) is 5. The fourth-order valence-electron chi connectivity index (χ4n) is 1.02. The van der Waals surface area contributed by atoms with Gasteiger partial charge in [-0.05, 0) is 12.8 Å².